The highest BCUT2D eigenvalue weighted by atomic mass is 35.5. The Labute approximate surface area is 205 Å². The Morgan fingerprint density at radius 2 is 1.82 bits per heavy atom. The van der Waals surface area contributed by atoms with Gasteiger partial charge in [0.2, 0.25) is 0 Å². The number of benzene rings is 2. The summed E-state index contributed by atoms with van der Waals surface area (Å²) >= 11 is 6.03. The first-order valence-corrected chi connectivity index (χ1v) is 12.2. The minimum Gasteiger partial charge on any atom is -0.379 e. The second-order valence-electron chi connectivity index (χ2n) is 9.24. The van der Waals surface area contributed by atoms with Gasteiger partial charge in [-0.25, -0.2) is 9.37 Å². The number of hydrogen-bond donors (Lipinski definition) is 0. The molecule has 180 valence electrons. The van der Waals surface area contributed by atoms with E-state index >= 15 is 0 Å². The third-order valence-electron chi connectivity index (χ3n) is 6.01. The van der Waals surface area contributed by atoms with Gasteiger partial charge >= 0.3 is 0 Å². The first kappa shape index (κ1) is 24.6. The van der Waals surface area contributed by atoms with E-state index in [-0.39, 0.29) is 23.3 Å². The predicted octanol–water partition coefficient (Wildman–Crippen LogP) is 5.50. The highest BCUT2D eigenvalue weighted by Crippen LogP contribution is 2.28. The van der Waals surface area contributed by atoms with Gasteiger partial charge in [-0.05, 0) is 36.1 Å². The largest absolute Gasteiger partial charge is 0.379 e. The summed E-state index contributed by atoms with van der Waals surface area (Å²) in [6.45, 7) is 8.88. The quantitative estimate of drug-likeness (QED) is 0.403. The zero-order valence-electron chi connectivity index (χ0n) is 19.8. The average Bonchev–Trinajstić information content (AvgIpc) is 3.23. The summed E-state index contributed by atoms with van der Waals surface area (Å²) in [4.78, 5) is 19.8. The van der Waals surface area contributed by atoms with E-state index in [1.807, 2.05) is 24.6 Å². The predicted molar refractivity (Wildman–Crippen MR) is 133 cm³/mol. The first-order chi connectivity index (χ1) is 16.4. The molecule has 1 aromatic heterocycles. The number of carbonyl (C=O) groups excluding carboxylic acids is 1. The summed E-state index contributed by atoms with van der Waals surface area (Å²) < 4.78 is 21.0. The fraction of sp³-hybridized carbons (Fsp3) is 0.407. The van der Waals surface area contributed by atoms with Gasteiger partial charge in [0.15, 0.2) is 5.78 Å². The van der Waals surface area contributed by atoms with Crippen molar-refractivity contribution in [2.24, 2.45) is 5.92 Å². The van der Waals surface area contributed by atoms with Crippen molar-refractivity contribution in [3.8, 4) is 22.6 Å². The van der Waals surface area contributed by atoms with Crippen LogP contribution in [0.2, 0.25) is 5.02 Å². The number of halogens is 2. The number of carbonyl (C=O) groups is 1. The summed E-state index contributed by atoms with van der Waals surface area (Å²) in [5, 5.41) is 0.0340. The Balaban J connectivity index is 1.55. The molecule has 1 fully saturated rings. The minimum atomic E-state index is -0.479. The van der Waals surface area contributed by atoms with Crippen LogP contribution < -0.4 is 0 Å². The Morgan fingerprint density at radius 1 is 1.12 bits per heavy atom. The molecule has 0 aliphatic carbocycles. The van der Waals surface area contributed by atoms with Crippen LogP contribution in [0.5, 0.6) is 0 Å². The van der Waals surface area contributed by atoms with Crippen LogP contribution in [0.15, 0.2) is 48.7 Å². The maximum Gasteiger partial charge on any atom is 0.152 e. The molecule has 1 saturated heterocycles. The molecule has 0 spiro atoms. The second-order valence-corrected chi connectivity index (χ2v) is 9.65. The second kappa shape index (κ2) is 11.3. The van der Waals surface area contributed by atoms with Crippen LogP contribution in [-0.2, 0) is 22.5 Å². The number of hydrogen-bond acceptors (Lipinski definition) is 4. The summed E-state index contributed by atoms with van der Waals surface area (Å²) in [5.41, 5.74) is 3.69. The summed E-state index contributed by atoms with van der Waals surface area (Å²) in [6.07, 6.45) is 3.38. The molecule has 2 aromatic carbocycles. The fourth-order valence-electron chi connectivity index (χ4n) is 4.21. The van der Waals surface area contributed by atoms with E-state index in [0.29, 0.717) is 17.8 Å². The molecule has 5 nitrogen and oxygen atoms in total. The topological polar surface area (TPSA) is 47.4 Å². The van der Waals surface area contributed by atoms with E-state index in [9.17, 15) is 9.18 Å². The van der Waals surface area contributed by atoms with Crippen LogP contribution in [0.3, 0.4) is 0 Å². The van der Waals surface area contributed by atoms with Gasteiger partial charge < -0.3 is 9.30 Å². The molecule has 0 bridgehead atoms. The SMILES string of the molecule is CC(C)CC(=O)Cn1cc(-c2ccc(CCN3CCOCC3)cc2)nc1-c1ccc(F)c(Cl)c1. The van der Waals surface area contributed by atoms with Gasteiger partial charge in [-0.2, -0.15) is 0 Å². The highest BCUT2D eigenvalue weighted by Gasteiger charge is 2.16. The molecule has 0 unspecified atom stereocenters. The Hall–Kier alpha value is -2.54. The lowest BCUT2D eigenvalue weighted by atomic mass is 10.1. The monoisotopic (exact) mass is 483 g/mol. The Bertz CT molecular complexity index is 1120. The molecule has 0 amide bonds. The van der Waals surface area contributed by atoms with Gasteiger partial charge in [-0.3, -0.25) is 9.69 Å². The molecule has 2 heterocycles. The van der Waals surface area contributed by atoms with E-state index in [0.717, 1.165) is 50.5 Å². The molecule has 1 aliphatic rings. The van der Waals surface area contributed by atoms with E-state index in [4.69, 9.17) is 21.3 Å². The molecular weight excluding hydrogens is 453 g/mol. The standard InChI is InChI=1S/C27H31ClFN3O2/c1-19(2)15-23(33)17-32-18-26(30-27(32)22-7-8-25(29)24(28)16-22)21-5-3-20(4-6-21)9-10-31-11-13-34-14-12-31/h3-8,16,18-19H,9-15,17H2,1-2H3. The molecule has 3 aromatic rings. The van der Waals surface area contributed by atoms with Crippen LogP contribution in [0.1, 0.15) is 25.8 Å². The van der Waals surface area contributed by atoms with Crippen molar-refractivity contribution in [3.05, 3.63) is 65.1 Å². The maximum absolute atomic E-state index is 13.7. The van der Waals surface area contributed by atoms with Crippen molar-refractivity contribution in [3.63, 3.8) is 0 Å². The number of ether oxygens (including phenoxy) is 1. The van der Waals surface area contributed by atoms with Crippen LogP contribution in [0, 0.1) is 11.7 Å². The zero-order valence-corrected chi connectivity index (χ0v) is 20.5. The number of Topliss-reactive ketones (excluding diaryl/α,β-unsaturated/α-hetero) is 1. The number of rotatable bonds is 9. The summed E-state index contributed by atoms with van der Waals surface area (Å²) in [7, 11) is 0. The van der Waals surface area contributed by atoms with Gasteiger partial charge in [0.05, 0.1) is 30.5 Å². The lowest BCUT2D eigenvalue weighted by Gasteiger charge is -2.26. The third-order valence-corrected chi connectivity index (χ3v) is 6.30. The van der Waals surface area contributed by atoms with Crippen molar-refractivity contribution >= 4 is 17.4 Å². The molecule has 34 heavy (non-hydrogen) atoms. The van der Waals surface area contributed by atoms with Crippen molar-refractivity contribution in [2.45, 2.75) is 33.2 Å². The van der Waals surface area contributed by atoms with Crippen LogP contribution in [-0.4, -0.2) is 53.1 Å². The number of ketones is 1. The van der Waals surface area contributed by atoms with Gasteiger partial charge in [0.25, 0.3) is 0 Å². The molecule has 1 aliphatic heterocycles. The van der Waals surface area contributed by atoms with Crippen molar-refractivity contribution in [1.82, 2.24) is 14.5 Å². The number of nitrogens with zero attached hydrogens (tertiary/aromatic N) is 3. The normalized spacial score (nSPS) is 14.6. The summed E-state index contributed by atoms with van der Waals surface area (Å²) in [5.74, 6) is 0.536. The van der Waals surface area contributed by atoms with E-state index in [2.05, 4.69) is 29.2 Å². The highest BCUT2D eigenvalue weighted by molar-refractivity contribution is 6.31. The molecule has 7 heteroatoms. The van der Waals surface area contributed by atoms with Crippen molar-refractivity contribution in [2.75, 3.05) is 32.8 Å². The molecule has 0 N–H and O–H groups in total. The average molecular weight is 484 g/mol. The molecule has 0 radical (unpaired) electrons. The lowest BCUT2D eigenvalue weighted by Crippen LogP contribution is -2.37. The Kier molecular flexibility index (Phi) is 8.14. The number of imidazole rings is 1. The fourth-order valence-corrected chi connectivity index (χ4v) is 4.39. The lowest BCUT2D eigenvalue weighted by molar-refractivity contribution is -0.120. The van der Waals surface area contributed by atoms with E-state index in [1.165, 1.54) is 11.6 Å². The third kappa shape index (κ3) is 6.32. The van der Waals surface area contributed by atoms with E-state index in [1.54, 1.807) is 12.1 Å². The van der Waals surface area contributed by atoms with E-state index < -0.39 is 5.82 Å². The molecule has 0 saturated carbocycles. The van der Waals surface area contributed by atoms with Crippen molar-refractivity contribution in [1.29, 1.82) is 0 Å². The van der Waals surface area contributed by atoms with Crippen LogP contribution >= 0.6 is 11.6 Å². The van der Waals surface area contributed by atoms with Gasteiger partial charge in [-0.1, -0.05) is 49.7 Å². The van der Waals surface area contributed by atoms with Gasteiger partial charge in [0.1, 0.15) is 11.6 Å². The molecule has 0 atom stereocenters. The zero-order chi connectivity index (χ0) is 24.1. The minimum absolute atomic E-state index is 0.0340. The number of aromatic nitrogens is 2. The van der Waals surface area contributed by atoms with Gasteiger partial charge in [-0.15, -0.1) is 0 Å². The number of morpholine rings is 1. The summed E-state index contributed by atoms with van der Waals surface area (Å²) in [6, 6.07) is 12.9. The molecular formula is C27H31ClFN3O2. The van der Waals surface area contributed by atoms with Crippen LogP contribution in [0.4, 0.5) is 4.39 Å². The Morgan fingerprint density at radius 3 is 2.50 bits per heavy atom. The smallest absolute Gasteiger partial charge is 0.152 e. The molecule has 4 rings (SSSR count). The van der Waals surface area contributed by atoms with Gasteiger partial charge in [0, 0.05) is 43.4 Å². The maximum atomic E-state index is 13.7. The van der Waals surface area contributed by atoms with Crippen LogP contribution in [0.25, 0.3) is 22.6 Å². The van der Waals surface area contributed by atoms with Crippen molar-refractivity contribution < 1.29 is 13.9 Å². The first-order valence-electron chi connectivity index (χ1n) is 11.8.